The van der Waals surface area contributed by atoms with Gasteiger partial charge in [0.25, 0.3) is 10.0 Å². The van der Waals surface area contributed by atoms with Crippen molar-refractivity contribution in [3.63, 3.8) is 0 Å². The van der Waals surface area contributed by atoms with Crippen LogP contribution < -0.4 is 19.1 Å². The molecule has 0 spiro atoms. The monoisotopic (exact) mass is 615 g/mol. The molecule has 0 bridgehead atoms. The molecule has 9 nitrogen and oxygen atoms in total. The molecular formula is C31H38ClN3O6S. The van der Waals surface area contributed by atoms with Crippen molar-refractivity contribution in [3.8, 4) is 11.5 Å². The first-order valence-corrected chi connectivity index (χ1v) is 15.2. The predicted molar refractivity (Wildman–Crippen MR) is 165 cm³/mol. The second-order valence-corrected chi connectivity index (χ2v) is 13.2. The van der Waals surface area contributed by atoms with E-state index < -0.39 is 34.1 Å². The quantitative estimate of drug-likeness (QED) is 0.318. The summed E-state index contributed by atoms with van der Waals surface area (Å²) < 4.78 is 39.8. The van der Waals surface area contributed by atoms with E-state index in [0.29, 0.717) is 16.5 Å². The van der Waals surface area contributed by atoms with Gasteiger partial charge in [-0.3, -0.25) is 13.9 Å². The van der Waals surface area contributed by atoms with E-state index >= 15 is 0 Å². The molecule has 0 unspecified atom stereocenters. The number of anilines is 1. The van der Waals surface area contributed by atoms with Gasteiger partial charge in [0, 0.05) is 23.2 Å². The number of nitrogens with one attached hydrogen (secondary N) is 1. The average molecular weight is 616 g/mol. The molecule has 0 aliphatic carbocycles. The lowest BCUT2D eigenvalue weighted by atomic mass is 10.1. The van der Waals surface area contributed by atoms with Crippen molar-refractivity contribution in [2.24, 2.45) is 0 Å². The van der Waals surface area contributed by atoms with Gasteiger partial charge in [-0.1, -0.05) is 41.4 Å². The van der Waals surface area contributed by atoms with Gasteiger partial charge in [-0.05, 0) is 76.6 Å². The van der Waals surface area contributed by atoms with E-state index in [1.165, 1.54) is 37.3 Å². The molecule has 3 rings (SSSR count). The first kappa shape index (κ1) is 32.8. The minimum Gasteiger partial charge on any atom is -0.493 e. The lowest BCUT2D eigenvalue weighted by Gasteiger charge is -2.33. The van der Waals surface area contributed by atoms with Crippen LogP contribution in [-0.2, 0) is 26.2 Å². The predicted octanol–water partition coefficient (Wildman–Crippen LogP) is 5.19. The zero-order valence-corrected chi connectivity index (χ0v) is 26.5. The molecule has 1 atom stereocenters. The summed E-state index contributed by atoms with van der Waals surface area (Å²) >= 11 is 6.06. The maximum Gasteiger partial charge on any atom is 0.264 e. The fourth-order valence-corrected chi connectivity index (χ4v) is 5.72. The number of hydrogen-bond acceptors (Lipinski definition) is 6. The van der Waals surface area contributed by atoms with Crippen molar-refractivity contribution >= 4 is 39.1 Å². The number of nitrogens with zero attached hydrogens (tertiary/aromatic N) is 2. The first-order valence-electron chi connectivity index (χ1n) is 13.3. The van der Waals surface area contributed by atoms with Gasteiger partial charge >= 0.3 is 0 Å². The van der Waals surface area contributed by atoms with Crippen molar-refractivity contribution in [2.45, 2.75) is 57.6 Å². The zero-order chi connectivity index (χ0) is 31.2. The minimum absolute atomic E-state index is 0.0125. The largest absolute Gasteiger partial charge is 0.493 e. The molecular weight excluding hydrogens is 578 g/mol. The van der Waals surface area contributed by atoms with Gasteiger partial charge in [0.15, 0.2) is 11.5 Å². The van der Waals surface area contributed by atoms with Gasteiger partial charge < -0.3 is 19.7 Å². The summed E-state index contributed by atoms with van der Waals surface area (Å²) in [4.78, 5) is 28.7. The molecule has 1 N–H and O–H groups in total. The summed E-state index contributed by atoms with van der Waals surface area (Å²) in [6, 6.07) is 17.0. The molecule has 0 radical (unpaired) electrons. The fourth-order valence-electron chi connectivity index (χ4n) is 4.19. The van der Waals surface area contributed by atoms with Gasteiger partial charge in [0.05, 0.1) is 24.8 Å². The number of carbonyl (C=O) groups is 2. The topological polar surface area (TPSA) is 105 Å². The lowest BCUT2D eigenvalue weighted by Crippen LogP contribution is -2.54. The highest BCUT2D eigenvalue weighted by atomic mass is 35.5. The maximum atomic E-state index is 14.1. The molecule has 0 saturated carbocycles. The van der Waals surface area contributed by atoms with E-state index in [1.807, 2.05) is 27.7 Å². The third-order valence-corrected chi connectivity index (χ3v) is 8.51. The fraction of sp³-hybridized carbons (Fsp3) is 0.355. The van der Waals surface area contributed by atoms with Crippen LogP contribution in [0, 0.1) is 6.92 Å². The van der Waals surface area contributed by atoms with Crippen molar-refractivity contribution in [1.29, 1.82) is 0 Å². The number of hydrogen-bond donors (Lipinski definition) is 1. The first-order chi connectivity index (χ1) is 19.7. The Morgan fingerprint density at radius 3 is 2.07 bits per heavy atom. The Labute approximate surface area is 253 Å². The van der Waals surface area contributed by atoms with Crippen molar-refractivity contribution in [1.82, 2.24) is 10.2 Å². The van der Waals surface area contributed by atoms with Gasteiger partial charge in [-0.25, -0.2) is 8.42 Å². The maximum absolute atomic E-state index is 14.1. The van der Waals surface area contributed by atoms with E-state index in [4.69, 9.17) is 21.1 Å². The van der Waals surface area contributed by atoms with Crippen molar-refractivity contribution in [2.75, 3.05) is 25.1 Å². The van der Waals surface area contributed by atoms with Gasteiger partial charge in [0.1, 0.15) is 12.6 Å². The normalized spacial score (nSPS) is 12.3. The van der Waals surface area contributed by atoms with Crippen molar-refractivity contribution < 1.29 is 27.5 Å². The third-order valence-electron chi connectivity index (χ3n) is 6.47. The zero-order valence-electron chi connectivity index (χ0n) is 25.0. The highest BCUT2D eigenvalue weighted by molar-refractivity contribution is 7.92. The Bertz CT molecular complexity index is 1500. The standard InChI is InChI=1S/C31H38ClN3O6S/c1-21-8-15-26(16-9-21)42(38,39)35(25-14-17-27(40-6)28(18-25)41-7)20-29(36)34(19-23-10-12-24(32)13-11-23)22(2)30(37)33-31(3,4)5/h8-18,22H,19-20H2,1-7H3,(H,33,37)/t22-/m1/s1. The van der Waals surface area contributed by atoms with Crippen LogP contribution in [-0.4, -0.2) is 57.5 Å². The molecule has 0 aliphatic heterocycles. The van der Waals surface area contributed by atoms with Crippen LogP contribution in [0.15, 0.2) is 71.6 Å². The molecule has 0 aromatic heterocycles. The summed E-state index contributed by atoms with van der Waals surface area (Å²) in [7, 11) is -1.31. The molecule has 3 aromatic rings. The summed E-state index contributed by atoms with van der Waals surface area (Å²) in [6.45, 7) is 8.47. The Balaban J connectivity index is 2.09. The van der Waals surface area contributed by atoms with E-state index in [9.17, 15) is 18.0 Å². The lowest BCUT2D eigenvalue weighted by molar-refractivity contribution is -0.140. The average Bonchev–Trinajstić information content (AvgIpc) is 2.94. The molecule has 2 amide bonds. The highest BCUT2D eigenvalue weighted by Gasteiger charge is 2.33. The number of sulfonamides is 1. The van der Waals surface area contributed by atoms with Gasteiger partial charge in [0.2, 0.25) is 11.8 Å². The number of benzene rings is 3. The van der Waals surface area contributed by atoms with E-state index in [0.717, 1.165) is 15.4 Å². The minimum atomic E-state index is -4.23. The summed E-state index contributed by atoms with van der Waals surface area (Å²) in [5.74, 6) is -0.254. The van der Waals surface area contributed by atoms with Gasteiger partial charge in [-0.15, -0.1) is 0 Å². The number of halogens is 1. The van der Waals surface area contributed by atoms with E-state index in [1.54, 1.807) is 55.5 Å². The van der Waals surface area contributed by atoms with Crippen LogP contribution >= 0.6 is 11.6 Å². The molecule has 42 heavy (non-hydrogen) atoms. The van der Waals surface area contributed by atoms with Crippen LogP contribution in [0.2, 0.25) is 5.02 Å². The third kappa shape index (κ3) is 8.17. The number of aryl methyl sites for hydroxylation is 1. The Kier molecular flexibility index (Phi) is 10.5. The Morgan fingerprint density at radius 1 is 0.929 bits per heavy atom. The number of methoxy groups -OCH3 is 2. The molecule has 0 heterocycles. The van der Waals surface area contributed by atoms with Crippen LogP contribution in [0.25, 0.3) is 0 Å². The van der Waals surface area contributed by atoms with Crippen LogP contribution in [0.1, 0.15) is 38.8 Å². The second kappa shape index (κ2) is 13.5. The van der Waals surface area contributed by atoms with Crippen LogP contribution in [0.3, 0.4) is 0 Å². The SMILES string of the molecule is COc1ccc(N(CC(=O)N(Cc2ccc(Cl)cc2)[C@H](C)C(=O)NC(C)(C)C)S(=O)(=O)c2ccc(C)cc2)cc1OC. The smallest absolute Gasteiger partial charge is 0.264 e. The molecule has 11 heteroatoms. The number of amides is 2. The van der Waals surface area contributed by atoms with Gasteiger partial charge in [-0.2, -0.15) is 0 Å². The van der Waals surface area contributed by atoms with Crippen LogP contribution in [0.5, 0.6) is 11.5 Å². The number of rotatable bonds is 11. The molecule has 226 valence electrons. The van der Waals surface area contributed by atoms with E-state index in [-0.39, 0.29) is 23.0 Å². The molecule has 0 saturated heterocycles. The van der Waals surface area contributed by atoms with Crippen molar-refractivity contribution in [3.05, 3.63) is 82.9 Å². The summed E-state index contributed by atoms with van der Waals surface area (Å²) in [5, 5.41) is 3.43. The second-order valence-electron chi connectivity index (χ2n) is 10.9. The Morgan fingerprint density at radius 2 is 1.52 bits per heavy atom. The summed E-state index contributed by atoms with van der Waals surface area (Å²) in [6.07, 6.45) is 0. The molecule has 0 aliphatic rings. The summed E-state index contributed by atoms with van der Waals surface area (Å²) in [5.41, 5.74) is 1.26. The molecule has 0 fully saturated rings. The number of ether oxygens (including phenoxy) is 2. The van der Waals surface area contributed by atoms with Crippen LogP contribution in [0.4, 0.5) is 5.69 Å². The highest BCUT2D eigenvalue weighted by Crippen LogP contribution is 2.34. The van der Waals surface area contributed by atoms with E-state index in [2.05, 4.69) is 5.32 Å². The molecule has 3 aromatic carbocycles. The Hall–Kier alpha value is -3.76. The number of carbonyl (C=O) groups excluding carboxylic acids is 2.